The Hall–Kier alpha value is -5.57. The quantitative estimate of drug-likeness (QED) is 0.136. The third-order valence-electron chi connectivity index (χ3n) is 8.70. The molecule has 0 unspecified atom stereocenters. The van der Waals surface area contributed by atoms with E-state index in [0.29, 0.717) is 6.42 Å². The van der Waals surface area contributed by atoms with Crippen LogP contribution in [-0.2, 0) is 49.5 Å². The molecule has 0 aliphatic carbocycles. The molecule has 6 atom stereocenters. The van der Waals surface area contributed by atoms with Crippen LogP contribution in [0.25, 0.3) is 6.08 Å². The van der Waals surface area contributed by atoms with Gasteiger partial charge in [0.25, 0.3) is 0 Å². The molecule has 1 fully saturated rings. The van der Waals surface area contributed by atoms with Crippen LogP contribution in [0.15, 0.2) is 66.7 Å². The molecule has 0 spiro atoms. The fourth-order valence-corrected chi connectivity index (χ4v) is 5.74. The van der Waals surface area contributed by atoms with Crippen molar-refractivity contribution >= 4 is 47.6 Å². The van der Waals surface area contributed by atoms with Gasteiger partial charge >= 0.3 is 17.9 Å². The number of likely N-dealkylation sites (tertiary alicyclic amines) is 1. The lowest BCUT2D eigenvalue weighted by atomic mass is 9.97. The van der Waals surface area contributed by atoms with E-state index in [4.69, 9.17) is 15.6 Å². The molecule has 52 heavy (non-hydrogen) atoms. The topological polar surface area (TPSA) is 224 Å². The molecule has 1 aliphatic heterocycles. The van der Waals surface area contributed by atoms with Gasteiger partial charge in [0.05, 0.1) is 38.6 Å². The van der Waals surface area contributed by atoms with Crippen molar-refractivity contribution in [1.29, 1.82) is 0 Å². The van der Waals surface area contributed by atoms with E-state index in [9.17, 15) is 33.6 Å². The van der Waals surface area contributed by atoms with Gasteiger partial charge in [-0.2, -0.15) is 0 Å². The first-order valence-corrected chi connectivity index (χ1v) is 16.9. The molecule has 1 saturated heterocycles. The zero-order valence-corrected chi connectivity index (χ0v) is 29.5. The SMILES string of the molecule is COC(=O)[C@@H](CCC(=O)N1CCC[C@H]1C(=O)N[C@H](CC(=O)O)C(=O)OC)NC(=O)[C@@H](C)[C@H](/C=C/c1ccccc1)NC(=O)[C@@H](N)Cc1ccccc1. The Bertz CT molecular complexity index is 1590. The van der Waals surface area contributed by atoms with Crippen molar-refractivity contribution in [3.63, 3.8) is 0 Å². The highest BCUT2D eigenvalue weighted by Crippen LogP contribution is 2.20. The number of methoxy groups -OCH3 is 2. The molecule has 2 aromatic rings. The summed E-state index contributed by atoms with van der Waals surface area (Å²) in [5, 5.41) is 17.0. The average molecular weight is 722 g/mol. The van der Waals surface area contributed by atoms with Gasteiger partial charge in [0.1, 0.15) is 18.1 Å². The number of carboxylic acid groups (broad SMARTS) is 1. The summed E-state index contributed by atoms with van der Waals surface area (Å²) in [6, 6.07) is 13.1. The number of hydrogen-bond acceptors (Lipinski definition) is 10. The van der Waals surface area contributed by atoms with Crippen LogP contribution in [0.1, 0.15) is 50.2 Å². The summed E-state index contributed by atoms with van der Waals surface area (Å²) >= 11 is 0. The second kappa shape index (κ2) is 20.3. The molecule has 0 radical (unpaired) electrons. The number of aliphatic carboxylic acids is 1. The van der Waals surface area contributed by atoms with E-state index in [-0.39, 0.29) is 32.2 Å². The smallest absolute Gasteiger partial charge is 0.328 e. The molecule has 3 rings (SSSR count). The lowest BCUT2D eigenvalue weighted by Gasteiger charge is -2.27. The molecule has 0 aromatic heterocycles. The number of benzene rings is 2. The fraction of sp³-hybridized carbons (Fsp3) is 0.432. The molecule has 6 N–H and O–H groups in total. The van der Waals surface area contributed by atoms with Crippen LogP contribution in [0, 0.1) is 5.92 Å². The number of hydrogen-bond donors (Lipinski definition) is 5. The van der Waals surface area contributed by atoms with E-state index < -0.39 is 84.1 Å². The zero-order valence-electron chi connectivity index (χ0n) is 29.5. The maximum Gasteiger partial charge on any atom is 0.328 e. The Balaban J connectivity index is 1.70. The third kappa shape index (κ3) is 12.3. The molecule has 1 heterocycles. The highest BCUT2D eigenvalue weighted by Gasteiger charge is 2.37. The minimum atomic E-state index is -1.44. The number of carboxylic acids is 1. The second-order valence-electron chi connectivity index (χ2n) is 12.4. The van der Waals surface area contributed by atoms with Crippen LogP contribution in [0.3, 0.4) is 0 Å². The molecule has 4 amide bonds. The normalized spacial score (nSPS) is 16.8. The minimum absolute atomic E-state index is 0.169. The molecule has 2 aromatic carbocycles. The molecule has 0 bridgehead atoms. The van der Waals surface area contributed by atoms with Crippen molar-refractivity contribution in [2.45, 2.75) is 75.7 Å². The van der Waals surface area contributed by atoms with Gasteiger partial charge in [-0.3, -0.25) is 24.0 Å². The Kier molecular flexibility index (Phi) is 16.0. The Morgan fingerprint density at radius 3 is 2.12 bits per heavy atom. The first kappa shape index (κ1) is 40.9. The van der Waals surface area contributed by atoms with Crippen molar-refractivity contribution in [3.8, 4) is 0 Å². The predicted octanol–water partition coefficient (Wildman–Crippen LogP) is 0.952. The Morgan fingerprint density at radius 2 is 1.50 bits per heavy atom. The first-order valence-electron chi connectivity index (χ1n) is 16.9. The molecule has 280 valence electrons. The average Bonchev–Trinajstić information content (AvgIpc) is 3.64. The summed E-state index contributed by atoms with van der Waals surface area (Å²) in [5.74, 6) is -6.27. The van der Waals surface area contributed by atoms with Gasteiger partial charge in [0.2, 0.25) is 23.6 Å². The van der Waals surface area contributed by atoms with Gasteiger partial charge in [-0.25, -0.2) is 9.59 Å². The molecule has 15 nitrogen and oxygen atoms in total. The Labute approximate surface area is 302 Å². The van der Waals surface area contributed by atoms with Crippen molar-refractivity contribution in [2.75, 3.05) is 20.8 Å². The largest absolute Gasteiger partial charge is 0.481 e. The summed E-state index contributed by atoms with van der Waals surface area (Å²) in [7, 11) is 2.20. The number of carbonyl (C=O) groups excluding carboxylic acids is 6. The van der Waals surface area contributed by atoms with Crippen molar-refractivity contribution < 1.29 is 48.1 Å². The number of rotatable bonds is 18. The van der Waals surface area contributed by atoms with Crippen LogP contribution in [-0.4, -0.2) is 103 Å². The number of nitrogens with zero attached hydrogens (tertiary/aromatic N) is 1. The van der Waals surface area contributed by atoms with E-state index in [1.54, 1.807) is 19.1 Å². The van der Waals surface area contributed by atoms with Crippen LogP contribution in [0.2, 0.25) is 0 Å². The highest BCUT2D eigenvalue weighted by atomic mass is 16.5. The molecular formula is C37H47N5O10. The maximum absolute atomic E-state index is 13.6. The van der Waals surface area contributed by atoms with Crippen molar-refractivity contribution in [3.05, 3.63) is 77.9 Å². The van der Waals surface area contributed by atoms with E-state index >= 15 is 0 Å². The number of nitrogens with one attached hydrogen (secondary N) is 3. The Morgan fingerprint density at radius 1 is 0.885 bits per heavy atom. The monoisotopic (exact) mass is 721 g/mol. The molecule has 0 saturated carbocycles. The number of ether oxygens (including phenoxy) is 2. The lowest BCUT2D eigenvalue weighted by Crippen LogP contribution is -2.53. The third-order valence-corrected chi connectivity index (χ3v) is 8.70. The lowest BCUT2D eigenvalue weighted by molar-refractivity contribution is -0.150. The van der Waals surface area contributed by atoms with Crippen molar-refractivity contribution in [1.82, 2.24) is 20.9 Å². The van der Waals surface area contributed by atoms with E-state index in [1.807, 2.05) is 60.7 Å². The standard InChI is InChI=1S/C37H47N5O10/c1-23(27(17-16-24-11-6-4-7-12-24)39-34(47)26(38)21-25-13-8-5-9-14-25)33(46)40-28(36(49)51-2)18-19-31(43)42-20-10-15-30(42)35(48)41-29(22-32(44)45)37(50)52-3/h4-9,11-14,16-17,23,26-30H,10,15,18-22,38H2,1-3H3,(H,39,47)(H,40,46)(H,41,48)(H,44,45)/b17-16+/t23-,26-,27-,28+,29+,30-/m0/s1. The second-order valence-corrected chi connectivity index (χ2v) is 12.4. The zero-order chi connectivity index (χ0) is 38.2. The van der Waals surface area contributed by atoms with Crippen LogP contribution < -0.4 is 21.7 Å². The summed E-state index contributed by atoms with van der Waals surface area (Å²) in [4.78, 5) is 90.5. The highest BCUT2D eigenvalue weighted by molar-refractivity contribution is 5.93. The van der Waals surface area contributed by atoms with Crippen LogP contribution in [0.5, 0.6) is 0 Å². The number of nitrogens with two attached hydrogens (primary N) is 1. The number of esters is 2. The fourth-order valence-electron chi connectivity index (χ4n) is 5.74. The number of amides is 4. The van der Waals surface area contributed by atoms with Gasteiger partial charge in [-0.05, 0) is 36.8 Å². The minimum Gasteiger partial charge on any atom is -0.481 e. The van der Waals surface area contributed by atoms with Gasteiger partial charge in [0.15, 0.2) is 0 Å². The van der Waals surface area contributed by atoms with Gasteiger partial charge in [0, 0.05) is 13.0 Å². The van der Waals surface area contributed by atoms with E-state index in [2.05, 4.69) is 20.7 Å². The maximum atomic E-state index is 13.6. The van der Waals surface area contributed by atoms with Gasteiger partial charge in [-0.15, -0.1) is 0 Å². The molecular weight excluding hydrogens is 674 g/mol. The summed E-state index contributed by atoms with van der Waals surface area (Å²) in [5.41, 5.74) is 7.92. The summed E-state index contributed by atoms with van der Waals surface area (Å²) < 4.78 is 9.49. The molecule has 1 aliphatic rings. The van der Waals surface area contributed by atoms with Crippen LogP contribution >= 0.6 is 0 Å². The predicted molar refractivity (Wildman–Crippen MR) is 189 cm³/mol. The van der Waals surface area contributed by atoms with Gasteiger partial charge < -0.3 is 41.2 Å². The first-order chi connectivity index (χ1) is 24.8. The van der Waals surface area contributed by atoms with E-state index in [0.717, 1.165) is 25.3 Å². The van der Waals surface area contributed by atoms with Crippen molar-refractivity contribution in [2.24, 2.45) is 11.7 Å². The van der Waals surface area contributed by atoms with Gasteiger partial charge in [-0.1, -0.05) is 79.7 Å². The number of carbonyl (C=O) groups is 7. The summed E-state index contributed by atoms with van der Waals surface area (Å²) in [6.45, 7) is 1.80. The molecule has 15 heteroatoms. The van der Waals surface area contributed by atoms with Crippen LogP contribution in [0.4, 0.5) is 0 Å². The summed E-state index contributed by atoms with van der Waals surface area (Å²) in [6.07, 6.45) is 3.31. The van der Waals surface area contributed by atoms with E-state index in [1.165, 1.54) is 4.90 Å².